The van der Waals surface area contributed by atoms with E-state index >= 15 is 0 Å². The van der Waals surface area contributed by atoms with Gasteiger partial charge < -0.3 is 18.9 Å². The van der Waals surface area contributed by atoms with E-state index in [1.54, 1.807) is 44.8 Å². The lowest BCUT2D eigenvalue weighted by Gasteiger charge is -2.24. The summed E-state index contributed by atoms with van der Waals surface area (Å²) in [4.78, 5) is 32.2. The number of fused-ring (bicyclic) bond motifs is 1. The van der Waals surface area contributed by atoms with E-state index in [4.69, 9.17) is 18.9 Å². The molecular formula is C32H29IN2O6S. The van der Waals surface area contributed by atoms with Gasteiger partial charge in [0.1, 0.15) is 23.9 Å². The predicted octanol–water partition coefficient (Wildman–Crippen LogP) is 5.00. The molecule has 0 fully saturated rings. The van der Waals surface area contributed by atoms with Crippen LogP contribution in [0.4, 0.5) is 0 Å². The Morgan fingerprint density at radius 3 is 2.40 bits per heavy atom. The van der Waals surface area contributed by atoms with Crippen molar-refractivity contribution in [2.75, 3.05) is 20.8 Å². The molecule has 0 spiro atoms. The van der Waals surface area contributed by atoms with E-state index < -0.39 is 12.0 Å². The van der Waals surface area contributed by atoms with Crippen LogP contribution >= 0.6 is 33.9 Å². The molecule has 0 aliphatic carbocycles. The van der Waals surface area contributed by atoms with Crippen LogP contribution in [0.5, 0.6) is 17.2 Å². The third kappa shape index (κ3) is 6.14. The van der Waals surface area contributed by atoms with Crippen LogP contribution in [-0.2, 0) is 16.1 Å². The Hall–Kier alpha value is -3.90. The molecule has 4 aromatic rings. The number of carbonyl (C=O) groups is 1. The Balaban J connectivity index is 1.57. The minimum Gasteiger partial charge on any atom is -0.497 e. The number of hydrogen-bond acceptors (Lipinski definition) is 8. The fourth-order valence-corrected chi connectivity index (χ4v) is 6.14. The first-order valence-electron chi connectivity index (χ1n) is 13.2. The molecule has 0 unspecified atom stereocenters. The molecule has 2 heterocycles. The first kappa shape index (κ1) is 29.6. The number of thiazole rings is 1. The number of halogens is 1. The van der Waals surface area contributed by atoms with Gasteiger partial charge >= 0.3 is 5.97 Å². The first-order chi connectivity index (χ1) is 20.3. The summed E-state index contributed by atoms with van der Waals surface area (Å²) in [6, 6.07) is 20.1. The van der Waals surface area contributed by atoms with Crippen molar-refractivity contribution in [1.29, 1.82) is 0 Å². The van der Waals surface area contributed by atoms with Crippen LogP contribution in [0.3, 0.4) is 0 Å². The maximum Gasteiger partial charge on any atom is 0.338 e. The van der Waals surface area contributed by atoms with Crippen LogP contribution in [0.25, 0.3) is 6.08 Å². The molecule has 216 valence electrons. The van der Waals surface area contributed by atoms with Crippen LogP contribution in [0, 0.1) is 3.57 Å². The zero-order valence-corrected chi connectivity index (χ0v) is 26.5. The number of aromatic nitrogens is 1. The molecule has 0 bridgehead atoms. The molecule has 5 rings (SSSR count). The van der Waals surface area contributed by atoms with Gasteiger partial charge in [-0.25, -0.2) is 9.79 Å². The van der Waals surface area contributed by atoms with Crippen LogP contribution in [0.2, 0.25) is 0 Å². The van der Waals surface area contributed by atoms with Crippen LogP contribution in [-0.4, -0.2) is 31.4 Å². The molecule has 1 atom stereocenters. The summed E-state index contributed by atoms with van der Waals surface area (Å²) in [5, 5.41) is 0. The molecule has 1 aliphatic heterocycles. The van der Waals surface area contributed by atoms with Gasteiger partial charge in [0.2, 0.25) is 0 Å². The Labute approximate surface area is 260 Å². The third-order valence-electron chi connectivity index (χ3n) is 6.76. The summed E-state index contributed by atoms with van der Waals surface area (Å²) < 4.78 is 25.4. The SMILES string of the molecule is CCOC(=O)C1=C(C)N=c2sc(=Cc3ccc(OC)c(COc4ccc(I)cc4)c3)c(=O)n2[C@H]1c1ccc(OC)cc1. The Bertz CT molecular complexity index is 1820. The van der Waals surface area contributed by atoms with Crippen molar-refractivity contribution in [3.63, 3.8) is 0 Å². The zero-order chi connectivity index (χ0) is 29.8. The van der Waals surface area contributed by atoms with E-state index in [1.165, 1.54) is 11.3 Å². The molecule has 1 aromatic heterocycles. The summed E-state index contributed by atoms with van der Waals surface area (Å²) in [5.41, 5.74) is 3.00. The monoisotopic (exact) mass is 696 g/mol. The molecule has 8 nitrogen and oxygen atoms in total. The normalized spacial score (nSPS) is 14.7. The summed E-state index contributed by atoms with van der Waals surface area (Å²) in [5.74, 6) is 1.61. The Morgan fingerprint density at radius 2 is 1.74 bits per heavy atom. The maximum absolute atomic E-state index is 13.9. The van der Waals surface area contributed by atoms with Gasteiger partial charge in [0.25, 0.3) is 5.56 Å². The number of esters is 1. The molecule has 0 amide bonds. The first-order valence-corrected chi connectivity index (χ1v) is 15.1. The number of nitrogens with zero attached hydrogens (tertiary/aromatic N) is 2. The molecule has 3 aromatic carbocycles. The van der Waals surface area contributed by atoms with Crippen molar-refractivity contribution in [2.24, 2.45) is 4.99 Å². The highest BCUT2D eigenvalue weighted by Gasteiger charge is 2.33. The van der Waals surface area contributed by atoms with E-state index in [0.717, 1.165) is 26.0 Å². The second kappa shape index (κ2) is 13.0. The van der Waals surface area contributed by atoms with Crippen LogP contribution in [0.1, 0.15) is 36.6 Å². The van der Waals surface area contributed by atoms with E-state index in [1.807, 2.05) is 60.7 Å². The number of allylic oxidation sites excluding steroid dienone is 1. The summed E-state index contributed by atoms with van der Waals surface area (Å²) in [6.07, 6.45) is 1.83. The third-order valence-corrected chi connectivity index (χ3v) is 8.46. The van der Waals surface area contributed by atoms with Crippen molar-refractivity contribution in [3.8, 4) is 17.2 Å². The van der Waals surface area contributed by atoms with Gasteiger partial charge in [-0.2, -0.15) is 0 Å². The standard InChI is InChI=1S/C32H29IN2O6S/c1-5-40-31(37)28-19(2)34-32-35(29(28)21-7-11-24(38-3)12-8-21)30(36)27(42-32)17-20-6-15-26(39-4)22(16-20)18-41-25-13-9-23(33)10-14-25/h6-17,29H,5,18H2,1-4H3/t29-/m0/s1. The van der Waals surface area contributed by atoms with Crippen molar-refractivity contribution >= 4 is 46.0 Å². The van der Waals surface area contributed by atoms with Gasteiger partial charge in [0.15, 0.2) is 4.80 Å². The number of ether oxygens (including phenoxy) is 4. The minimum absolute atomic E-state index is 0.211. The number of rotatable bonds is 9. The fourth-order valence-electron chi connectivity index (χ4n) is 4.74. The predicted molar refractivity (Wildman–Crippen MR) is 170 cm³/mol. The Morgan fingerprint density at radius 1 is 1.02 bits per heavy atom. The van der Waals surface area contributed by atoms with Crippen molar-refractivity contribution in [1.82, 2.24) is 4.57 Å². The van der Waals surface area contributed by atoms with Crippen LogP contribution in [0.15, 0.2) is 87.8 Å². The molecular weight excluding hydrogens is 667 g/mol. The van der Waals surface area contributed by atoms with E-state index in [9.17, 15) is 9.59 Å². The minimum atomic E-state index is -0.692. The average molecular weight is 697 g/mol. The van der Waals surface area contributed by atoms with Crippen LogP contribution < -0.4 is 29.1 Å². The van der Waals surface area contributed by atoms with Gasteiger partial charge in [-0.05, 0) is 102 Å². The zero-order valence-electron chi connectivity index (χ0n) is 23.5. The summed E-state index contributed by atoms with van der Waals surface area (Å²) in [7, 11) is 3.20. The number of carbonyl (C=O) groups excluding carboxylic acids is 1. The van der Waals surface area contributed by atoms with Crippen molar-refractivity contribution < 1.29 is 23.7 Å². The second-order valence-electron chi connectivity index (χ2n) is 9.39. The van der Waals surface area contributed by atoms with Gasteiger partial charge in [-0.15, -0.1) is 0 Å². The fraction of sp³-hybridized carbons (Fsp3) is 0.219. The topological polar surface area (TPSA) is 88.4 Å². The van der Waals surface area contributed by atoms with Crippen molar-refractivity contribution in [2.45, 2.75) is 26.5 Å². The molecule has 1 aliphatic rings. The molecule has 0 saturated carbocycles. The van der Waals surface area contributed by atoms with Gasteiger partial charge in [0.05, 0.1) is 42.7 Å². The van der Waals surface area contributed by atoms with E-state index in [0.29, 0.717) is 38.7 Å². The quantitative estimate of drug-likeness (QED) is 0.181. The average Bonchev–Trinajstić information content (AvgIpc) is 3.30. The Kier molecular flexibility index (Phi) is 9.12. The lowest BCUT2D eigenvalue weighted by Crippen LogP contribution is -2.39. The maximum atomic E-state index is 13.9. The summed E-state index contributed by atoms with van der Waals surface area (Å²) >= 11 is 3.53. The molecule has 10 heteroatoms. The second-order valence-corrected chi connectivity index (χ2v) is 11.6. The lowest BCUT2D eigenvalue weighted by molar-refractivity contribution is -0.139. The van der Waals surface area contributed by atoms with E-state index in [2.05, 4.69) is 27.6 Å². The summed E-state index contributed by atoms with van der Waals surface area (Å²) in [6.45, 7) is 4.03. The largest absolute Gasteiger partial charge is 0.497 e. The molecule has 0 radical (unpaired) electrons. The lowest BCUT2D eigenvalue weighted by atomic mass is 9.96. The number of benzene rings is 3. The van der Waals surface area contributed by atoms with E-state index in [-0.39, 0.29) is 12.2 Å². The highest BCUT2D eigenvalue weighted by molar-refractivity contribution is 14.1. The molecule has 42 heavy (non-hydrogen) atoms. The smallest absolute Gasteiger partial charge is 0.338 e. The highest BCUT2D eigenvalue weighted by Crippen LogP contribution is 2.31. The molecule has 0 N–H and O–H groups in total. The van der Waals surface area contributed by atoms with Gasteiger partial charge in [0, 0.05) is 9.13 Å². The number of methoxy groups -OCH3 is 2. The van der Waals surface area contributed by atoms with Gasteiger partial charge in [-0.1, -0.05) is 29.5 Å². The van der Waals surface area contributed by atoms with Gasteiger partial charge in [-0.3, -0.25) is 9.36 Å². The molecule has 0 saturated heterocycles. The number of hydrogen-bond donors (Lipinski definition) is 0. The van der Waals surface area contributed by atoms with Crippen molar-refractivity contribution in [3.05, 3.63) is 118 Å². The highest BCUT2D eigenvalue weighted by atomic mass is 127.